The summed E-state index contributed by atoms with van der Waals surface area (Å²) in [7, 11) is 0. The second kappa shape index (κ2) is 15.3. The Hall–Kier alpha value is -4.67. The zero-order chi connectivity index (χ0) is 34.4. The predicted octanol–water partition coefficient (Wildman–Crippen LogP) is 9.02. The van der Waals surface area contributed by atoms with Crippen molar-refractivity contribution in [1.29, 1.82) is 0 Å². The Morgan fingerprint density at radius 3 is 2.73 bits per heavy atom. The van der Waals surface area contributed by atoms with Gasteiger partial charge in [-0.3, -0.25) is 0 Å². The number of benzene rings is 2. The Balaban J connectivity index is 1.05. The molecule has 0 radical (unpaired) electrons. The number of ether oxygens (including phenoxy) is 2. The van der Waals surface area contributed by atoms with Crippen LogP contribution >= 0.6 is 11.6 Å². The van der Waals surface area contributed by atoms with Gasteiger partial charge in [0.1, 0.15) is 29.3 Å². The van der Waals surface area contributed by atoms with Gasteiger partial charge in [0.05, 0.1) is 17.1 Å². The van der Waals surface area contributed by atoms with Crippen LogP contribution in [0.15, 0.2) is 90.7 Å². The number of anilines is 2. The average Bonchev–Trinajstić information content (AvgIpc) is 3.46. The molecule has 2 aromatic heterocycles. The molecule has 0 saturated carbocycles. The van der Waals surface area contributed by atoms with Gasteiger partial charge in [-0.1, -0.05) is 35.9 Å². The minimum Gasteiger partial charge on any atom is -0.492 e. The van der Waals surface area contributed by atoms with Crippen LogP contribution in [-0.2, 0) is 11.3 Å². The van der Waals surface area contributed by atoms with Crippen molar-refractivity contribution in [2.24, 2.45) is 0 Å². The first-order valence-electron chi connectivity index (χ1n) is 16.6. The highest BCUT2D eigenvalue weighted by atomic mass is 35.5. The highest BCUT2D eigenvalue weighted by Gasteiger charge is 2.26. The van der Waals surface area contributed by atoms with Crippen molar-refractivity contribution >= 4 is 40.1 Å². The van der Waals surface area contributed by atoms with E-state index in [2.05, 4.69) is 43.8 Å². The summed E-state index contributed by atoms with van der Waals surface area (Å²) in [5.74, 6) is 1.09. The van der Waals surface area contributed by atoms with E-state index in [1.807, 2.05) is 63.4 Å². The molecule has 4 aromatic rings. The van der Waals surface area contributed by atoms with E-state index in [1.54, 1.807) is 17.3 Å². The maximum Gasteiger partial charge on any atom is 0.410 e. The van der Waals surface area contributed by atoms with Crippen LogP contribution in [-0.4, -0.2) is 57.3 Å². The van der Waals surface area contributed by atoms with E-state index in [0.29, 0.717) is 61.7 Å². The van der Waals surface area contributed by atoms with E-state index in [0.717, 1.165) is 51.8 Å². The summed E-state index contributed by atoms with van der Waals surface area (Å²) in [4.78, 5) is 26.6. The summed E-state index contributed by atoms with van der Waals surface area (Å²) in [5.41, 5.74) is 5.31. The molecule has 1 aliphatic carbocycles. The van der Waals surface area contributed by atoms with Gasteiger partial charge in [0.15, 0.2) is 0 Å². The molecule has 0 unspecified atom stereocenters. The third-order valence-electron chi connectivity index (χ3n) is 8.43. The Kier molecular flexibility index (Phi) is 10.7. The van der Waals surface area contributed by atoms with E-state index >= 15 is 0 Å². The minimum atomic E-state index is -0.487. The van der Waals surface area contributed by atoms with Crippen molar-refractivity contribution in [3.8, 4) is 16.9 Å². The number of likely N-dealkylation sites (tertiary alicyclic amines) is 1. The maximum absolute atomic E-state index is 13.5. The molecule has 3 heterocycles. The summed E-state index contributed by atoms with van der Waals surface area (Å²) in [5, 5.41) is 8.39. The zero-order valence-corrected chi connectivity index (χ0v) is 28.8. The lowest BCUT2D eigenvalue weighted by Gasteiger charge is -2.33. The van der Waals surface area contributed by atoms with Crippen LogP contribution in [0.2, 0.25) is 5.02 Å². The molecule has 0 atom stereocenters. The Labute approximate surface area is 291 Å². The molecule has 9 nitrogen and oxygen atoms in total. The van der Waals surface area contributed by atoms with Crippen molar-refractivity contribution in [3.05, 3.63) is 101 Å². The molecule has 49 heavy (non-hydrogen) atoms. The minimum absolute atomic E-state index is 0.153. The summed E-state index contributed by atoms with van der Waals surface area (Å²) in [6.07, 6.45) is 13.0. The number of amides is 1. The van der Waals surface area contributed by atoms with Gasteiger partial charge in [-0.2, -0.15) is 0 Å². The molecule has 0 spiro atoms. The number of fused-ring (bicyclic) bond motifs is 1. The van der Waals surface area contributed by atoms with Crippen LogP contribution in [0.3, 0.4) is 0 Å². The number of aromatic amines is 1. The van der Waals surface area contributed by atoms with Gasteiger partial charge in [0.25, 0.3) is 0 Å². The molecule has 6 rings (SSSR count). The summed E-state index contributed by atoms with van der Waals surface area (Å²) in [6, 6.07) is 14.2. The lowest BCUT2D eigenvalue weighted by molar-refractivity contribution is 0.0198. The fourth-order valence-corrected chi connectivity index (χ4v) is 6.07. The summed E-state index contributed by atoms with van der Waals surface area (Å²) >= 11 is 6.59. The van der Waals surface area contributed by atoms with Gasteiger partial charge >= 0.3 is 6.09 Å². The normalized spacial score (nSPS) is 15.5. The van der Waals surface area contributed by atoms with Crippen LogP contribution in [0.25, 0.3) is 22.0 Å². The number of allylic oxidation sites excluding steroid dienone is 5. The molecule has 11 heteroatoms. The summed E-state index contributed by atoms with van der Waals surface area (Å²) < 4.78 is 24.9. The maximum atomic E-state index is 13.5. The fraction of sp³-hybridized carbons (Fsp3) is 0.342. The van der Waals surface area contributed by atoms with E-state index in [9.17, 15) is 9.18 Å². The number of carbonyl (C=O) groups excluding carboxylic acids is 1. The first-order chi connectivity index (χ1) is 23.6. The van der Waals surface area contributed by atoms with Crippen LogP contribution in [0, 0.1) is 0 Å². The van der Waals surface area contributed by atoms with Crippen molar-refractivity contribution < 1.29 is 18.7 Å². The topological polar surface area (TPSA) is 104 Å². The van der Waals surface area contributed by atoms with Crippen LogP contribution in [0.1, 0.15) is 52.1 Å². The smallest absolute Gasteiger partial charge is 0.410 e. The third kappa shape index (κ3) is 9.28. The van der Waals surface area contributed by atoms with Crippen molar-refractivity contribution in [2.45, 2.75) is 64.6 Å². The molecule has 256 valence electrons. The molecular weight excluding hydrogens is 643 g/mol. The van der Waals surface area contributed by atoms with Crippen molar-refractivity contribution in [3.63, 3.8) is 0 Å². The van der Waals surface area contributed by atoms with Gasteiger partial charge in [0, 0.05) is 61.5 Å². The lowest BCUT2D eigenvalue weighted by Crippen LogP contribution is -2.46. The Morgan fingerprint density at radius 2 is 1.94 bits per heavy atom. The van der Waals surface area contributed by atoms with Crippen LogP contribution in [0.4, 0.5) is 20.7 Å². The van der Waals surface area contributed by atoms with Crippen molar-refractivity contribution in [1.82, 2.24) is 25.2 Å². The number of hydrogen-bond donors (Lipinski definition) is 3. The molecular formula is C38H42ClFN6O3. The van der Waals surface area contributed by atoms with Crippen LogP contribution < -0.4 is 15.4 Å². The quantitative estimate of drug-likeness (QED) is 0.153. The number of piperidine rings is 1. The Morgan fingerprint density at radius 1 is 1.10 bits per heavy atom. The Bertz CT molecular complexity index is 1890. The van der Waals surface area contributed by atoms with Gasteiger partial charge in [-0.05, 0) is 92.8 Å². The largest absolute Gasteiger partial charge is 0.492 e. The van der Waals surface area contributed by atoms with Gasteiger partial charge in [-0.25, -0.2) is 19.2 Å². The first-order valence-corrected chi connectivity index (χ1v) is 17.0. The van der Waals surface area contributed by atoms with E-state index < -0.39 is 5.60 Å². The molecule has 1 aliphatic heterocycles. The number of halogens is 2. The van der Waals surface area contributed by atoms with E-state index in [-0.39, 0.29) is 11.9 Å². The zero-order valence-electron chi connectivity index (χ0n) is 28.1. The second-order valence-electron chi connectivity index (χ2n) is 13.3. The fourth-order valence-electron chi connectivity index (χ4n) is 5.83. The molecule has 3 N–H and O–H groups in total. The average molecular weight is 685 g/mol. The summed E-state index contributed by atoms with van der Waals surface area (Å²) in [6.45, 7) is 8.16. The monoisotopic (exact) mass is 684 g/mol. The SMILES string of the molecule is CC(C)(C)OC(=O)N1CCC(NCc2cc(-c3ccc4ncnc(Nc5ccc(OCCC6=CCC(F)=CC=C6)c(Cl)c5)c4c3)c[nH]2)CC1. The molecule has 1 saturated heterocycles. The number of hydrogen-bond acceptors (Lipinski definition) is 7. The first kappa shape index (κ1) is 34.2. The molecule has 2 aliphatic rings. The molecule has 1 amide bonds. The van der Waals surface area contributed by atoms with Gasteiger partial charge in [-0.15, -0.1) is 0 Å². The number of nitrogens with one attached hydrogen (secondary N) is 3. The van der Waals surface area contributed by atoms with Gasteiger partial charge in [0.2, 0.25) is 0 Å². The van der Waals surface area contributed by atoms with E-state index in [4.69, 9.17) is 21.1 Å². The number of aromatic nitrogens is 3. The number of carbonyl (C=O) groups is 1. The van der Waals surface area contributed by atoms with E-state index in [1.165, 1.54) is 6.08 Å². The molecule has 1 fully saturated rings. The number of rotatable bonds is 10. The number of nitrogens with zero attached hydrogens (tertiary/aromatic N) is 3. The highest BCUT2D eigenvalue weighted by Crippen LogP contribution is 2.32. The molecule has 2 aromatic carbocycles. The molecule has 0 bridgehead atoms. The van der Waals surface area contributed by atoms with Crippen molar-refractivity contribution in [2.75, 3.05) is 25.0 Å². The lowest BCUT2D eigenvalue weighted by atomic mass is 10.0. The number of H-pyrrole nitrogens is 1. The second-order valence-corrected chi connectivity index (χ2v) is 13.7. The van der Waals surface area contributed by atoms with Crippen LogP contribution in [0.5, 0.6) is 5.75 Å². The van der Waals surface area contributed by atoms with Gasteiger partial charge < -0.3 is 30.0 Å². The highest BCUT2D eigenvalue weighted by molar-refractivity contribution is 6.32. The predicted molar refractivity (Wildman–Crippen MR) is 193 cm³/mol. The standard InChI is InChI=1S/C38H42ClFN6O3/c1-38(2,3)49-37(47)46-16-13-29(14-17-46)42-23-31-19-27(22-41-31)26-8-11-34-32(20-26)36(44-24-43-34)45-30-10-12-35(33(39)21-30)48-18-15-25-5-4-6-28(40)9-7-25/h4-8,10-12,19-22,24,29,41-42H,9,13-18,23H2,1-3H3,(H,43,44,45). The third-order valence-corrected chi connectivity index (χ3v) is 8.72.